The van der Waals surface area contributed by atoms with E-state index in [1.165, 1.54) is 0 Å². The van der Waals surface area contributed by atoms with Crippen molar-refractivity contribution in [2.45, 2.75) is 43.9 Å². The number of anilines is 1. The molecule has 0 radical (unpaired) electrons. The van der Waals surface area contributed by atoms with Gasteiger partial charge in [-0.3, -0.25) is 0 Å². The zero-order valence-corrected chi connectivity index (χ0v) is 11.7. The minimum Gasteiger partial charge on any atom is -0.395 e. The van der Waals surface area contributed by atoms with E-state index >= 15 is 0 Å². The van der Waals surface area contributed by atoms with Crippen molar-refractivity contribution in [2.24, 2.45) is 0 Å². The van der Waals surface area contributed by atoms with Crippen LogP contribution in [0.1, 0.15) is 39.4 Å². The van der Waals surface area contributed by atoms with Crippen LogP contribution in [0.4, 0.5) is 5.82 Å². The van der Waals surface area contributed by atoms with Crippen LogP contribution in [0.15, 0.2) is 11.1 Å². The number of nitrogens with one attached hydrogen (secondary N) is 1. The number of thioether (sulfide) groups is 1. The summed E-state index contributed by atoms with van der Waals surface area (Å²) in [5.74, 6) is 2.01. The molecule has 1 atom stereocenters. The van der Waals surface area contributed by atoms with Crippen molar-refractivity contribution in [2.75, 3.05) is 18.5 Å². The number of hydrogen-bond acceptors (Lipinski definition) is 5. The first-order chi connectivity index (χ1) is 8.06. The van der Waals surface area contributed by atoms with E-state index in [1.54, 1.807) is 11.8 Å². The van der Waals surface area contributed by atoms with E-state index in [1.807, 2.05) is 19.9 Å². The van der Waals surface area contributed by atoms with Crippen molar-refractivity contribution in [3.63, 3.8) is 0 Å². The summed E-state index contributed by atoms with van der Waals surface area (Å²) in [6.45, 7) is 9.18. The number of nitrogens with zero attached hydrogens (tertiary/aromatic N) is 2. The average Bonchev–Trinajstić information content (AvgIpc) is 2.29. The Kier molecular flexibility index (Phi) is 5.71. The molecule has 1 heterocycles. The van der Waals surface area contributed by atoms with Crippen molar-refractivity contribution in [3.05, 3.63) is 11.9 Å². The standard InChI is InChI=1S/C12H21N3OS/c1-5-13-10-6-11(17-9(4)7-16)15-12(14-10)8(2)3/h6,8-9,16H,5,7H2,1-4H3,(H,13,14,15). The summed E-state index contributed by atoms with van der Waals surface area (Å²) in [6.07, 6.45) is 0. The van der Waals surface area contributed by atoms with Crippen molar-refractivity contribution >= 4 is 17.6 Å². The summed E-state index contributed by atoms with van der Waals surface area (Å²) in [7, 11) is 0. The molecule has 96 valence electrons. The third-order valence-electron chi connectivity index (χ3n) is 2.17. The van der Waals surface area contributed by atoms with E-state index < -0.39 is 0 Å². The molecule has 4 nitrogen and oxygen atoms in total. The van der Waals surface area contributed by atoms with Gasteiger partial charge in [-0.25, -0.2) is 9.97 Å². The lowest BCUT2D eigenvalue weighted by Crippen LogP contribution is -2.08. The van der Waals surface area contributed by atoms with Gasteiger partial charge in [0.25, 0.3) is 0 Å². The smallest absolute Gasteiger partial charge is 0.134 e. The Morgan fingerprint density at radius 1 is 1.35 bits per heavy atom. The van der Waals surface area contributed by atoms with E-state index in [0.717, 1.165) is 23.2 Å². The maximum Gasteiger partial charge on any atom is 0.134 e. The topological polar surface area (TPSA) is 58.0 Å². The monoisotopic (exact) mass is 255 g/mol. The molecule has 0 spiro atoms. The fraction of sp³-hybridized carbons (Fsp3) is 0.667. The van der Waals surface area contributed by atoms with Gasteiger partial charge in [0.15, 0.2) is 0 Å². The molecule has 0 aliphatic carbocycles. The van der Waals surface area contributed by atoms with Crippen molar-refractivity contribution in [1.29, 1.82) is 0 Å². The Hall–Kier alpha value is -0.810. The van der Waals surface area contributed by atoms with Crippen LogP contribution in [0.5, 0.6) is 0 Å². The largest absolute Gasteiger partial charge is 0.395 e. The molecule has 5 heteroatoms. The van der Waals surface area contributed by atoms with E-state index in [-0.39, 0.29) is 11.9 Å². The second kappa shape index (κ2) is 6.81. The molecule has 0 saturated heterocycles. The maximum absolute atomic E-state index is 9.07. The lowest BCUT2D eigenvalue weighted by Gasteiger charge is -2.12. The Balaban J connectivity index is 2.94. The second-order valence-electron chi connectivity index (χ2n) is 4.25. The first kappa shape index (κ1) is 14.3. The summed E-state index contributed by atoms with van der Waals surface area (Å²) in [5, 5.41) is 13.3. The SMILES string of the molecule is CCNc1cc(SC(C)CO)nc(C(C)C)n1. The summed E-state index contributed by atoms with van der Waals surface area (Å²) in [6, 6.07) is 1.94. The normalized spacial score (nSPS) is 12.8. The predicted octanol–water partition coefficient (Wildman–Crippen LogP) is 2.50. The molecular weight excluding hydrogens is 234 g/mol. The minimum atomic E-state index is 0.152. The molecule has 1 unspecified atom stereocenters. The number of aliphatic hydroxyl groups excluding tert-OH is 1. The van der Waals surface area contributed by atoms with Gasteiger partial charge in [0.05, 0.1) is 6.61 Å². The maximum atomic E-state index is 9.07. The molecular formula is C12H21N3OS. The fourth-order valence-electron chi connectivity index (χ4n) is 1.28. The molecule has 0 aliphatic heterocycles. The van der Waals surface area contributed by atoms with Gasteiger partial charge in [-0.05, 0) is 6.92 Å². The van der Waals surface area contributed by atoms with Crippen LogP contribution in [0, 0.1) is 0 Å². The quantitative estimate of drug-likeness (QED) is 0.604. The third kappa shape index (κ3) is 4.52. The number of rotatable bonds is 6. The van der Waals surface area contributed by atoms with E-state index in [0.29, 0.717) is 5.92 Å². The average molecular weight is 255 g/mol. The van der Waals surface area contributed by atoms with E-state index in [4.69, 9.17) is 5.11 Å². The van der Waals surface area contributed by atoms with Gasteiger partial charge in [0.1, 0.15) is 16.7 Å². The highest BCUT2D eigenvalue weighted by Crippen LogP contribution is 2.24. The summed E-state index contributed by atoms with van der Waals surface area (Å²) in [5.41, 5.74) is 0. The Morgan fingerprint density at radius 2 is 2.06 bits per heavy atom. The summed E-state index contributed by atoms with van der Waals surface area (Å²) >= 11 is 1.57. The molecule has 2 N–H and O–H groups in total. The molecule has 0 saturated carbocycles. The van der Waals surface area contributed by atoms with Gasteiger partial charge in [-0.2, -0.15) is 0 Å². The van der Waals surface area contributed by atoms with Crippen LogP contribution in [-0.4, -0.2) is 33.5 Å². The number of aliphatic hydroxyl groups is 1. The molecule has 1 aromatic heterocycles. The zero-order chi connectivity index (χ0) is 12.8. The minimum absolute atomic E-state index is 0.152. The zero-order valence-electron chi connectivity index (χ0n) is 10.9. The summed E-state index contributed by atoms with van der Waals surface area (Å²) in [4.78, 5) is 8.96. The van der Waals surface area contributed by atoms with Gasteiger partial charge < -0.3 is 10.4 Å². The highest BCUT2D eigenvalue weighted by molar-refractivity contribution is 7.99. The third-order valence-corrected chi connectivity index (χ3v) is 3.18. The van der Waals surface area contributed by atoms with Crippen LogP contribution in [0.25, 0.3) is 0 Å². The van der Waals surface area contributed by atoms with Crippen LogP contribution in [0.2, 0.25) is 0 Å². The van der Waals surface area contributed by atoms with Crippen LogP contribution < -0.4 is 5.32 Å². The lowest BCUT2D eigenvalue weighted by atomic mass is 10.2. The molecule has 0 amide bonds. The van der Waals surface area contributed by atoms with Crippen LogP contribution in [-0.2, 0) is 0 Å². The predicted molar refractivity (Wildman–Crippen MR) is 72.7 cm³/mol. The van der Waals surface area contributed by atoms with Gasteiger partial charge in [0.2, 0.25) is 0 Å². The van der Waals surface area contributed by atoms with Gasteiger partial charge in [-0.15, -0.1) is 11.8 Å². The molecule has 0 aliphatic rings. The van der Waals surface area contributed by atoms with Crippen molar-refractivity contribution in [3.8, 4) is 0 Å². The van der Waals surface area contributed by atoms with Gasteiger partial charge in [0, 0.05) is 23.8 Å². The molecule has 0 fully saturated rings. The number of aromatic nitrogens is 2. The van der Waals surface area contributed by atoms with Crippen molar-refractivity contribution in [1.82, 2.24) is 9.97 Å². The molecule has 1 aromatic rings. The molecule has 17 heavy (non-hydrogen) atoms. The molecule has 1 rings (SSSR count). The Morgan fingerprint density at radius 3 is 2.59 bits per heavy atom. The molecule has 0 bridgehead atoms. The van der Waals surface area contributed by atoms with Crippen molar-refractivity contribution < 1.29 is 5.11 Å². The Labute approximate surface area is 107 Å². The second-order valence-corrected chi connectivity index (χ2v) is 5.70. The van der Waals surface area contributed by atoms with Gasteiger partial charge in [-0.1, -0.05) is 20.8 Å². The summed E-state index contributed by atoms with van der Waals surface area (Å²) < 4.78 is 0. The highest BCUT2D eigenvalue weighted by atomic mass is 32.2. The lowest BCUT2D eigenvalue weighted by molar-refractivity contribution is 0.300. The van der Waals surface area contributed by atoms with Crippen LogP contribution >= 0.6 is 11.8 Å². The fourth-order valence-corrected chi connectivity index (χ4v) is 2.09. The molecule has 0 aromatic carbocycles. The first-order valence-corrected chi connectivity index (χ1v) is 6.85. The van der Waals surface area contributed by atoms with E-state index in [2.05, 4.69) is 29.1 Å². The van der Waals surface area contributed by atoms with E-state index in [9.17, 15) is 0 Å². The first-order valence-electron chi connectivity index (χ1n) is 5.97. The van der Waals surface area contributed by atoms with Crippen LogP contribution in [0.3, 0.4) is 0 Å². The van der Waals surface area contributed by atoms with Gasteiger partial charge >= 0.3 is 0 Å². The number of hydrogen-bond donors (Lipinski definition) is 2. The Bertz CT molecular complexity index is 358. The highest BCUT2D eigenvalue weighted by Gasteiger charge is 2.10.